The van der Waals surface area contributed by atoms with Gasteiger partial charge in [0.1, 0.15) is 11.5 Å². The molecule has 6 N–H and O–H groups in total. The number of hydrogen-bond donors (Lipinski definition) is 4. The number of amides is 2. The maximum absolute atomic E-state index is 16.5. The second-order valence-corrected chi connectivity index (χ2v) is 30.2. The van der Waals surface area contributed by atoms with E-state index in [-0.39, 0.29) is 71.7 Å². The standard InChI is InChI=1S/2C35H40ClF2N3O4S/c2*36-29-14-10-25(11-15-29)24-8-12-28(13-9-24)35(37,38)33(34(42)41-20-26-6-7-27(21-41)32(26)39)40-46(43,44)31-18-16-30(17-19-31)45-22-23-4-2-1-3-5-23/h2*8-19,23,26-27,32-33,40H,1-7,20-22,39H2/t2*26?,27?,32?,33-/m10/s1. The van der Waals surface area contributed by atoms with Gasteiger partial charge in [0, 0.05) is 59.4 Å². The Hall–Kier alpha value is -6.10. The first-order valence-corrected chi connectivity index (χ1v) is 35.8. The molecule has 2 amide bonds. The Labute approximate surface area is 547 Å². The van der Waals surface area contributed by atoms with Crippen LogP contribution in [0.5, 0.6) is 11.5 Å². The summed E-state index contributed by atoms with van der Waals surface area (Å²) >= 11 is 12.0. The fourth-order valence-corrected chi connectivity index (χ4v) is 16.8. The number of fused-ring (bicyclic) bond motifs is 4. The summed E-state index contributed by atoms with van der Waals surface area (Å²) in [5, 5.41) is 1.10. The van der Waals surface area contributed by atoms with Crippen molar-refractivity contribution >= 4 is 55.1 Å². The third-order valence-corrected chi connectivity index (χ3v) is 23.2. The fourth-order valence-electron chi connectivity index (χ4n) is 14.2. The van der Waals surface area contributed by atoms with E-state index in [4.69, 9.17) is 44.1 Å². The van der Waals surface area contributed by atoms with Crippen molar-refractivity contribution in [3.05, 3.63) is 167 Å². The van der Waals surface area contributed by atoms with Crippen LogP contribution >= 0.6 is 23.2 Å². The lowest BCUT2D eigenvalue weighted by Gasteiger charge is -2.39. The van der Waals surface area contributed by atoms with Crippen molar-refractivity contribution in [2.45, 2.75) is 136 Å². The van der Waals surface area contributed by atoms with Crippen LogP contribution in [-0.2, 0) is 41.5 Å². The van der Waals surface area contributed by atoms with E-state index in [9.17, 15) is 26.4 Å². The van der Waals surface area contributed by atoms with Gasteiger partial charge in [-0.05, 0) is 182 Å². The highest BCUT2D eigenvalue weighted by molar-refractivity contribution is 7.89. The van der Waals surface area contributed by atoms with Gasteiger partial charge in [0.25, 0.3) is 11.8 Å². The highest BCUT2D eigenvalue weighted by Gasteiger charge is 2.54. The van der Waals surface area contributed by atoms with Crippen molar-refractivity contribution in [2.75, 3.05) is 39.4 Å². The van der Waals surface area contributed by atoms with Crippen LogP contribution in [-0.4, -0.2) is 102 Å². The Morgan fingerprint density at radius 1 is 0.446 bits per heavy atom. The molecule has 2 heterocycles. The molecule has 0 aromatic heterocycles. The summed E-state index contributed by atoms with van der Waals surface area (Å²) in [7, 11) is -9.07. The summed E-state index contributed by atoms with van der Waals surface area (Å²) in [6.45, 7) is 1.96. The largest absolute Gasteiger partial charge is 0.493 e. The zero-order valence-corrected chi connectivity index (χ0v) is 54.3. The number of halogens is 6. The van der Waals surface area contributed by atoms with Gasteiger partial charge < -0.3 is 30.7 Å². The Kier molecular flexibility index (Phi) is 21.1. The predicted molar refractivity (Wildman–Crippen MR) is 348 cm³/mol. The van der Waals surface area contributed by atoms with E-state index >= 15 is 17.6 Å². The number of ether oxygens (including phenoxy) is 2. The summed E-state index contributed by atoms with van der Waals surface area (Å²) < 4.78 is 136. The minimum atomic E-state index is -4.53. The van der Waals surface area contributed by atoms with E-state index in [1.165, 1.54) is 145 Å². The smallest absolute Gasteiger partial charge is 0.298 e. The van der Waals surface area contributed by atoms with E-state index in [0.717, 1.165) is 62.5 Å². The highest BCUT2D eigenvalue weighted by atomic mass is 35.5. The maximum atomic E-state index is 16.5. The zero-order valence-electron chi connectivity index (χ0n) is 51.2. The zero-order chi connectivity index (χ0) is 65.0. The number of nitrogens with two attached hydrogens (primary N) is 2. The number of carbonyl (C=O) groups excluding carboxylic acids is 2. The van der Waals surface area contributed by atoms with Gasteiger partial charge in [0.05, 0.1) is 23.0 Å². The second-order valence-electron chi connectivity index (χ2n) is 25.9. The lowest BCUT2D eigenvalue weighted by atomic mass is 9.90. The molecule has 92 heavy (non-hydrogen) atoms. The minimum absolute atomic E-state index is 0.00612. The molecule has 4 aliphatic carbocycles. The lowest BCUT2D eigenvalue weighted by molar-refractivity contribution is -0.147. The van der Waals surface area contributed by atoms with Crippen LogP contribution in [0.1, 0.15) is 101 Å². The van der Waals surface area contributed by atoms with Crippen LogP contribution in [0, 0.1) is 35.5 Å². The molecule has 4 unspecified atom stereocenters. The summed E-state index contributed by atoms with van der Waals surface area (Å²) in [4.78, 5) is 30.1. The summed E-state index contributed by atoms with van der Waals surface area (Å²) in [6.07, 6.45) is 14.9. The van der Waals surface area contributed by atoms with Gasteiger partial charge >= 0.3 is 0 Å². The summed E-state index contributed by atoms with van der Waals surface area (Å²) in [5.74, 6) is -7.76. The van der Waals surface area contributed by atoms with Crippen molar-refractivity contribution in [1.29, 1.82) is 0 Å². The van der Waals surface area contributed by atoms with Gasteiger partial charge in [0.15, 0.2) is 12.1 Å². The van der Waals surface area contributed by atoms with Crippen LogP contribution in [0.2, 0.25) is 10.0 Å². The molecule has 12 rings (SSSR count). The average molecular weight is 1340 g/mol. The van der Waals surface area contributed by atoms with Crippen LogP contribution in [0.25, 0.3) is 22.3 Å². The van der Waals surface area contributed by atoms with Gasteiger partial charge in [-0.25, -0.2) is 16.8 Å². The van der Waals surface area contributed by atoms with E-state index in [1.54, 1.807) is 48.5 Å². The number of nitrogens with one attached hydrogen (secondary N) is 2. The Balaban J connectivity index is 0.000000188. The fraction of sp³-hybridized carbons (Fsp3) is 0.457. The predicted octanol–water partition coefficient (Wildman–Crippen LogP) is 13.2. The molecule has 492 valence electrons. The van der Waals surface area contributed by atoms with E-state index in [1.807, 2.05) is 0 Å². The monoisotopic (exact) mass is 1340 g/mol. The van der Waals surface area contributed by atoms with Crippen LogP contribution in [0.15, 0.2) is 155 Å². The molecular formula is C70H80Cl2F4N6O8S2. The highest BCUT2D eigenvalue weighted by Crippen LogP contribution is 2.42. The summed E-state index contributed by atoms with van der Waals surface area (Å²) in [6, 6.07) is 31.3. The molecule has 4 bridgehead atoms. The number of sulfonamides is 2. The summed E-state index contributed by atoms with van der Waals surface area (Å²) in [5.41, 5.74) is 14.6. The molecule has 2 aliphatic heterocycles. The van der Waals surface area contributed by atoms with Gasteiger partial charge in [0.2, 0.25) is 31.9 Å². The van der Waals surface area contributed by atoms with E-state index in [2.05, 4.69) is 9.44 Å². The van der Waals surface area contributed by atoms with Gasteiger partial charge in [-0.15, -0.1) is 0 Å². The Bertz CT molecular complexity index is 3450. The van der Waals surface area contributed by atoms with Gasteiger partial charge in [-0.1, -0.05) is 135 Å². The number of carbonyl (C=O) groups is 2. The van der Waals surface area contributed by atoms with E-state index in [0.29, 0.717) is 57.7 Å². The number of rotatable bonds is 20. The first kappa shape index (κ1) is 67.3. The SMILES string of the molecule is NC1C2CCC1CN(C(=O)[C@@H](NS(=O)(=O)c1ccc(OCC3CCCCC3)cc1)C(F)(F)c1ccc(-c3ccc(Cl)cc3)cc1)C2.NC1C2CCC1CN(C(=O)[C@H](NS(=O)(=O)c1ccc(OCC3CCCCC3)cc1)C(F)(F)c1ccc(-c3ccc(Cl)cc3)cc1)C2. The van der Waals surface area contributed by atoms with Gasteiger partial charge in [-0.3, -0.25) is 9.59 Å². The van der Waals surface area contributed by atoms with Crippen LogP contribution in [0.3, 0.4) is 0 Å². The molecule has 14 nitrogen and oxygen atoms in total. The normalized spacial score (nSPS) is 22.9. The number of alkyl halides is 4. The Morgan fingerprint density at radius 2 is 0.728 bits per heavy atom. The average Bonchev–Trinajstić information content (AvgIpc) is 1.04. The third kappa shape index (κ3) is 15.7. The molecule has 6 aliphatic rings. The molecule has 0 spiro atoms. The van der Waals surface area contributed by atoms with Crippen molar-refractivity contribution in [2.24, 2.45) is 47.0 Å². The van der Waals surface area contributed by atoms with Crippen molar-refractivity contribution < 1.29 is 53.5 Å². The second kappa shape index (κ2) is 28.9. The number of likely N-dealkylation sites (tertiary alicyclic amines) is 2. The number of nitrogens with zero attached hydrogens (tertiary/aromatic N) is 2. The van der Waals surface area contributed by atoms with E-state index < -0.39 is 66.9 Å². The lowest BCUT2D eigenvalue weighted by Crippen LogP contribution is -2.60. The molecule has 6 atom stereocenters. The third-order valence-electron chi connectivity index (χ3n) is 19.8. The molecular weight excluding hydrogens is 1260 g/mol. The number of benzene rings is 6. The van der Waals surface area contributed by atoms with Crippen LogP contribution in [0.4, 0.5) is 17.6 Å². The Morgan fingerprint density at radius 3 is 1.02 bits per heavy atom. The number of hydrogen-bond acceptors (Lipinski definition) is 10. The molecule has 22 heteroatoms. The van der Waals surface area contributed by atoms with Crippen LogP contribution < -0.4 is 30.4 Å². The first-order valence-electron chi connectivity index (χ1n) is 32.1. The molecule has 6 fully saturated rings. The number of piperidine rings is 2. The minimum Gasteiger partial charge on any atom is -0.493 e. The molecule has 6 aromatic rings. The molecule has 4 saturated carbocycles. The molecule has 6 aromatic carbocycles. The topological polar surface area (TPSA) is 203 Å². The van der Waals surface area contributed by atoms with Crippen molar-refractivity contribution in [1.82, 2.24) is 19.2 Å². The quantitative estimate of drug-likeness (QED) is 0.0533. The molecule has 2 saturated heterocycles. The van der Waals surface area contributed by atoms with Gasteiger partial charge in [-0.2, -0.15) is 27.0 Å². The molecule has 0 radical (unpaired) electrons. The van der Waals surface area contributed by atoms with Crippen molar-refractivity contribution in [3.8, 4) is 33.8 Å². The van der Waals surface area contributed by atoms with Crippen molar-refractivity contribution in [3.63, 3.8) is 0 Å². The maximum Gasteiger partial charge on any atom is 0.298 e. The first-order chi connectivity index (χ1) is 44.0.